The van der Waals surface area contributed by atoms with Crippen LogP contribution in [0.3, 0.4) is 0 Å². The maximum Gasteiger partial charge on any atom is 0.0946 e. The zero-order valence-corrected chi connectivity index (χ0v) is 7.31. The maximum atomic E-state index is 5.69. The Morgan fingerprint density at radius 2 is 2.50 bits per heavy atom. The standard InChI is InChI=1S/C9H14N2O/c1-8-2-3-9(12-8)6-11-5-4-10-7-11/h4-5,7-9H,2-3,6H2,1H3. The molecule has 0 N–H and O–H groups in total. The first-order valence-electron chi connectivity index (χ1n) is 4.46. The lowest BCUT2D eigenvalue weighted by Gasteiger charge is -2.10. The van der Waals surface area contributed by atoms with Crippen LogP contribution >= 0.6 is 0 Å². The van der Waals surface area contributed by atoms with Gasteiger partial charge in [0.05, 0.1) is 18.5 Å². The Hall–Kier alpha value is -0.830. The van der Waals surface area contributed by atoms with Gasteiger partial charge in [0.25, 0.3) is 0 Å². The van der Waals surface area contributed by atoms with Gasteiger partial charge in [-0.25, -0.2) is 4.98 Å². The monoisotopic (exact) mass is 166 g/mol. The van der Waals surface area contributed by atoms with Crippen molar-refractivity contribution in [2.45, 2.75) is 38.5 Å². The molecule has 2 heterocycles. The van der Waals surface area contributed by atoms with Crippen molar-refractivity contribution in [2.24, 2.45) is 0 Å². The fourth-order valence-electron chi connectivity index (χ4n) is 1.65. The average Bonchev–Trinajstić information content (AvgIpc) is 2.63. The van der Waals surface area contributed by atoms with Crippen molar-refractivity contribution in [1.29, 1.82) is 0 Å². The summed E-state index contributed by atoms with van der Waals surface area (Å²) in [5, 5.41) is 0. The first-order chi connectivity index (χ1) is 5.84. The SMILES string of the molecule is CC1CCC(Cn2ccnc2)O1. The molecule has 1 aromatic rings. The molecule has 1 fully saturated rings. The molecule has 2 unspecified atom stereocenters. The highest BCUT2D eigenvalue weighted by molar-refractivity contribution is 4.78. The van der Waals surface area contributed by atoms with E-state index >= 15 is 0 Å². The van der Waals surface area contributed by atoms with Gasteiger partial charge < -0.3 is 9.30 Å². The Morgan fingerprint density at radius 3 is 3.08 bits per heavy atom. The molecule has 66 valence electrons. The third kappa shape index (κ3) is 1.67. The van der Waals surface area contributed by atoms with Gasteiger partial charge in [-0.1, -0.05) is 0 Å². The summed E-state index contributed by atoms with van der Waals surface area (Å²) in [5.74, 6) is 0. The van der Waals surface area contributed by atoms with E-state index in [0.29, 0.717) is 12.2 Å². The van der Waals surface area contributed by atoms with Gasteiger partial charge in [0.1, 0.15) is 0 Å². The van der Waals surface area contributed by atoms with Crippen molar-refractivity contribution in [1.82, 2.24) is 9.55 Å². The van der Waals surface area contributed by atoms with E-state index in [0.717, 1.165) is 6.54 Å². The van der Waals surface area contributed by atoms with Gasteiger partial charge in [0, 0.05) is 18.9 Å². The topological polar surface area (TPSA) is 27.1 Å². The lowest BCUT2D eigenvalue weighted by molar-refractivity contribution is 0.0458. The minimum atomic E-state index is 0.397. The van der Waals surface area contributed by atoms with Crippen LogP contribution in [0.4, 0.5) is 0 Å². The van der Waals surface area contributed by atoms with Gasteiger partial charge in [-0.15, -0.1) is 0 Å². The van der Waals surface area contributed by atoms with Gasteiger partial charge in [-0.3, -0.25) is 0 Å². The van der Waals surface area contributed by atoms with Crippen LogP contribution in [0.1, 0.15) is 19.8 Å². The van der Waals surface area contributed by atoms with Crippen LogP contribution < -0.4 is 0 Å². The highest BCUT2D eigenvalue weighted by Crippen LogP contribution is 2.19. The first kappa shape index (κ1) is 7.80. The van der Waals surface area contributed by atoms with Crippen molar-refractivity contribution >= 4 is 0 Å². The molecule has 12 heavy (non-hydrogen) atoms. The maximum absolute atomic E-state index is 5.69. The summed E-state index contributed by atoms with van der Waals surface area (Å²) in [4.78, 5) is 3.99. The molecule has 0 aliphatic carbocycles. The van der Waals surface area contributed by atoms with E-state index in [1.54, 1.807) is 6.20 Å². The smallest absolute Gasteiger partial charge is 0.0946 e. The quantitative estimate of drug-likeness (QED) is 0.665. The minimum absolute atomic E-state index is 0.397. The van der Waals surface area contributed by atoms with E-state index in [2.05, 4.69) is 16.5 Å². The number of imidazole rings is 1. The molecule has 1 aromatic heterocycles. The second-order valence-corrected chi connectivity index (χ2v) is 3.41. The predicted molar refractivity (Wildman–Crippen MR) is 45.8 cm³/mol. The van der Waals surface area contributed by atoms with Gasteiger partial charge in [0.15, 0.2) is 0 Å². The van der Waals surface area contributed by atoms with Crippen LogP contribution in [0.15, 0.2) is 18.7 Å². The molecule has 0 radical (unpaired) electrons. The Balaban J connectivity index is 1.88. The second kappa shape index (κ2) is 3.27. The lowest BCUT2D eigenvalue weighted by atomic mass is 10.2. The molecule has 0 spiro atoms. The van der Waals surface area contributed by atoms with E-state index in [-0.39, 0.29) is 0 Å². The van der Waals surface area contributed by atoms with Crippen LogP contribution in [0.25, 0.3) is 0 Å². The lowest BCUT2D eigenvalue weighted by Crippen LogP contribution is -2.15. The summed E-state index contributed by atoms with van der Waals surface area (Å²) >= 11 is 0. The Kier molecular flexibility index (Phi) is 2.13. The number of ether oxygens (including phenoxy) is 1. The largest absolute Gasteiger partial charge is 0.373 e. The Bertz CT molecular complexity index is 233. The zero-order chi connectivity index (χ0) is 8.39. The highest BCUT2D eigenvalue weighted by Gasteiger charge is 2.21. The summed E-state index contributed by atoms with van der Waals surface area (Å²) in [6, 6.07) is 0. The third-order valence-electron chi connectivity index (χ3n) is 2.29. The van der Waals surface area contributed by atoms with Crippen LogP contribution in [-0.2, 0) is 11.3 Å². The fourth-order valence-corrected chi connectivity index (χ4v) is 1.65. The molecular formula is C9H14N2O. The van der Waals surface area contributed by atoms with Crippen molar-refractivity contribution in [2.75, 3.05) is 0 Å². The normalized spacial score (nSPS) is 29.4. The summed E-state index contributed by atoms with van der Waals surface area (Å²) in [5.41, 5.74) is 0. The van der Waals surface area contributed by atoms with Crippen molar-refractivity contribution in [3.05, 3.63) is 18.7 Å². The van der Waals surface area contributed by atoms with E-state index in [9.17, 15) is 0 Å². The molecule has 2 rings (SSSR count). The molecule has 3 heteroatoms. The molecule has 0 bridgehead atoms. The van der Waals surface area contributed by atoms with Crippen LogP contribution in [0, 0.1) is 0 Å². The number of rotatable bonds is 2. The fraction of sp³-hybridized carbons (Fsp3) is 0.667. The van der Waals surface area contributed by atoms with Crippen molar-refractivity contribution < 1.29 is 4.74 Å². The van der Waals surface area contributed by atoms with Crippen molar-refractivity contribution in [3.63, 3.8) is 0 Å². The molecule has 0 aromatic carbocycles. The summed E-state index contributed by atoms with van der Waals surface area (Å²) < 4.78 is 7.76. The molecule has 1 aliphatic rings. The second-order valence-electron chi connectivity index (χ2n) is 3.41. The third-order valence-corrected chi connectivity index (χ3v) is 2.29. The minimum Gasteiger partial charge on any atom is -0.373 e. The Labute approximate surface area is 72.4 Å². The summed E-state index contributed by atoms with van der Waals surface area (Å²) in [6.07, 6.45) is 8.84. The molecule has 0 saturated carbocycles. The Morgan fingerprint density at radius 1 is 1.58 bits per heavy atom. The number of hydrogen-bond donors (Lipinski definition) is 0. The zero-order valence-electron chi connectivity index (χ0n) is 7.31. The van der Waals surface area contributed by atoms with E-state index in [4.69, 9.17) is 4.74 Å². The molecule has 1 aliphatic heterocycles. The van der Waals surface area contributed by atoms with Gasteiger partial charge in [0.2, 0.25) is 0 Å². The molecular weight excluding hydrogens is 152 g/mol. The van der Waals surface area contributed by atoms with Crippen molar-refractivity contribution in [3.8, 4) is 0 Å². The van der Waals surface area contributed by atoms with Crippen LogP contribution in [0.2, 0.25) is 0 Å². The number of aromatic nitrogens is 2. The molecule has 0 amide bonds. The van der Waals surface area contributed by atoms with E-state index in [1.807, 2.05) is 12.5 Å². The molecule has 3 nitrogen and oxygen atoms in total. The number of nitrogens with zero attached hydrogens (tertiary/aromatic N) is 2. The molecule has 1 saturated heterocycles. The predicted octanol–water partition coefficient (Wildman–Crippen LogP) is 1.45. The van der Waals surface area contributed by atoms with E-state index in [1.165, 1.54) is 12.8 Å². The summed E-state index contributed by atoms with van der Waals surface area (Å²) in [6.45, 7) is 3.08. The molecule has 2 atom stereocenters. The average molecular weight is 166 g/mol. The van der Waals surface area contributed by atoms with Gasteiger partial charge in [-0.05, 0) is 19.8 Å². The highest BCUT2D eigenvalue weighted by atomic mass is 16.5. The van der Waals surface area contributed by atoms with Gasteiger partial charge in [-0.2, -0.15) is 0 Å². The van der Waals surface area contributed by atoms with E-state index < -0.39 is 0 Å². The van der Waals surface area contributed by atoms with Crippen LogP contribution in [0.5, 0.6) is 0 Å². The van der Waals surface area contributed by atoms with Gasteiger partial charge >= 0.3 is 0 Å². The number of hydrogen-bond acceptors (Lipinski definition) is 2. The first-order valence-corrected chi connectivity index (χ1v) is 4.46. The van der Waals surface area contributed by atoms with Crippen LogP contribution in [-0.4, -0.2) is 21.8 Å². The summed E-state index contributed by atoms with van der Waals surface area (Å²) in [7, 11) is 0.